The van der Waals surface area contributed by atoms with Crippen LogP contribution in [0.4, 0.5) is 0 Å². The molecule has 1 amide bonds. The van der Waals surface area contributed by atoms with Gasteiger partial charge in [-0.1, -0.05) is 61.9 Å². The van der Waals surface area contributed by atoms with Crippen molar-refractivity contribution in [3.05, 3.63) is 65.2 Å². The summed E-state index contributed by atoms with van der Waals surface area (Å²) in [5.74, 6) is 1.16. The van der Waals surface area contributed by atoms with Crippen molar-refractivity contribution in [3.8, 4) is 5.75 Å². The minimum atomic E-state index is -0.542. The second-order valence-corrected chi connectivity index (χ2v) is 7.13. The summed E-state index contributed by atoms with van der Waals surface area (Å²) in [5, 5.41) is 3.15. The van der Waals surface area contributed by atoms with Gasteiger partial charge in [0, 0.05) is 0 Å². The van der Waals surface area contributed by atoms with E-state index in [0.29, 0.717) is 5.92 Å². The Morgan fingerprint density at radius 1 is 1.04 bits per heavy atom. The van der Waals surface area contributed by atoms with Crippen molar-refractivity contribution in [2.24, 2.45) is 5.92 Å². The summed E-state index contributed by atoms with van der Waals surface area (Å²) in [6, 6.07) is 16.1. The van der Waals surface area contributed by atoms with Crippen molar-refractivity contribution in [3.63, 3.8) is 0 Å². The van der Waals surface area contributed by atoms with Gasteiger partial charge < -0.3 is 10.1 Å². The van der Waals surface area contributed by atoms with Gasteiger partial charge in [0.15, 0.2) is 6.10 Å². The summed E-state index contributed by atoms with van der Waals surface area (Å²) in [4.78, 5) is 12.7. The number of hydrogen-bond acceptors (Lipinski definition) is 2. The summed E-state index contributed by atoms with van der Waals surface area (Å²) in [5.41, 5.74) is 3.35. The van der Waals surface area contributed by atoms with E-state index in [0.717, 1.165) is 23.3 Å². The molecule has 3 heteroatoms. The maximum Gasteiger partial charge on any atom is 0.261 e. The summed E-state index contributed by atoms with van der Waals surface area (Å²) < 4.78 is 5.89. The van der Waals surface area contributed by atoms with Gasteiger partial charge >= 0.3 is 0 Å². The monoisotopic (exact) mass is 339 g/mol. The standard InChI is InChI=1S/C22H29NO2/c1-15(2)13-20(19-9-7-6-8-10-19)23-22(24)18(5)25-21-12-11-16(3)14-17(21)4/h6-12,14-15,18,20H,13H2,1-5H3,(H,23,24)/t18-,20+/m0/s1. The smallest absolute Gasteiger partial charge is 0.261 e. The van der Waals surface area contributed by atoms with Gasteiger partial charge in [0.2, 0.25) is 0 Å². The molecule has 0 saturated heterocycles. The van der Waals surface area contributed by atoms with Gasteiger partial charge in [-0.25, -0.2) is 0 Å². The summed E-state index contributed by atoms with van der Waals surface area (Å²) in [6.45, 7) is 10.2. The lowest BCUT2D eigenvalue weighted by atomic mass is 9.97. The molecule has 134 valence electrons. The topological polar surface area (TPSA) is 38.3 Å². The normalized spacial score (nSPS) is 13.4. The molecule has 2 aromatic rings. The number of amides is 1. The van der Waals surface area contributed by atoms with Crippen molar-refractivity contribution in [2.45, 2.75) is 53.2 Å². The highest BCUT2D eigenvalue weighted by molar-refractivity contribution is 5.81. The lowest BCUT2D eigenvalue weighted by Gasteiger charge is -2.24. The van der Waals surface area contributed by atoms with E-state index in [9.17, 15) is 4.79 Å². The molecule has 0 aliphatic rings. The summed E-state index contributed by atoms with van der Waals surface area (Å²) >= 11 is 0. The first-order valence-electron chi connectivity index (χ1n) is 8.96. The zero-order chi connectivity index (χ0) is 18.4. The third kappa shape index (κ3) is 5.63. The van der Waals surface area contributed by atoms with Gasteiger partial charge in [0.05, 0.1) is 6.04 Å². The molecule has 0 radical (unpaired) electrons. The first kappa shape index (κ1) is 19.0. The third-order valence-electron chi connectivity index (χ3n) is 4.23. The quantitative estimate of drug-likeness (QED) is 0.773. The van der Waals surface area contributed by atoms with Crippen molar-refractivity contribution in [1.82, 2.24) is 5.32 Å². The SMILES string of the molecule is Cc1ccc(O[C@@H](C)C(=O)N[C@H](CC(C)C)c2ccccc2)c(C)c1. The van der Waals surface area contributed by atoms with Crippen LogP contribution in [0.5, 0.6) is 5.75 Å². The number of benzene rings is 2. The van der Waals surface area contributed by atoms with E-state index in [1.54, 1.807) is 6.92 Å². The molecule has 0 fully saturated rings. The van der Waals surface area contributed by atoms with Crippen LogP contribution >= 0.6 is 0 Å². The maximum absolute atomic E-state index is 12.7. The molecular weight excluding hydrogens is 310 g/mol. The van der Waals surface area contributed by atoms with Crippen LogP contribution in [-0.4, -0.2) is 12.0 Å². The molecule has 0 spiro atoms. The van der Waals surface area contributed by atoms with Gasteiger partial charge in [-0.3, -0.25) is 4.79 Å². The molecule has 1 N–H and O–H groups in total. The predicted octanol–water partition coefficient (Wildman–Crippen LogP) is 4.97. The zero-order valence-corrected chi connectivity index (χ0v) is 15.9. The lowest BCUT2D eigenvalue weighted by Crippen LogP contribution is -2.39. The molecule has 2 rings (SSSR count). The Kier molecular flexibility index (Phi) is 6.63. The Labute approximate surface area is 151 Å². The summed E-state index contributed by atoms with van der Waals surface area (Å²) in [7, 11) is 0. The number of nitrogens with one attached hydrogen (secondary N) is 1. The molecule has 0 bridgehead atoms. The summed E-state index contributed by atoms with van der Waals surface area (Å²) in [6.07, 6.45) is 0.353. The second-order valence-electron chi connectivity index (χ2n) is 7.13. The van der Waals surface area contributed by atoms with Crippen LogP contribution in [0.1, 0.15) is 49.9 Å². The fourth-order valence-corrected chi connectivity index (χ4v) is 2.90. The highest BCUT2D eigenvalue weighted by atomic mass is 16.5. The number of hydrogen-bond donors (Lipinski definition) is 1. The van der Waals surface area contributed by atoms with Crippen LogP contribution in [0.15, 0.2) is 48.5 Å². The second kappa shape index (κ2) is 8.70. The molecule has 3 nitrogen and oxygen atoms in total. The fraction of sp³-hybridized carbons (Fsp3) is 0.409. The Bertz CT molecular complexity index is 694. The number of rotatable bonds is 7. The van der Waals surface area contributed by atoms with Gasteiger partial charge in [0.1, 0.15) is 5.75 Å². The predicted molar refractivity (Wildman–Crippen MR) is 103 cm³/mol. The number of ether oxygens (including phenoxy) is 1. The minimum Gasteiger partial charge on any atom is -0.481 e. The first-order chi connectivity index (χ1) is 11.9. The van der Waals surface area contributed by atoms with Gasteiger partial charge in [-0.05, 0) is 50.3 Å². The van der Waals surface area contributed by atoms with Gasteiger partial charge in [-0.15, -0.1) is 0 Å². The average Bonchev–Trinajstić information content (AvgIpc) is 2.57. The maximum atomic E-state index is 12.7. The van der Waals surface area contributed by atoms with E-state index < -0.39 is 6.10 Å². The number of carbonyl (C=O) groups excluding carboxylic acids is 1. The molecule has 0 aromatic heterocycles. The molecule has 0 aliphatic carbocycles. The zero-order valence-electron chi connectivity index (χ0n) is 15.9. The minimum absolute atomic E-state index is 0.00105. The molecule has 2 aromatic carbocycles. The van der Waals surface area contributed by atoms with Crippen LogP contribution < -0.4 is 10.1 Å². The van der Waals surface area contributed by atoms with Crippen LogP contribution in [0.3, 0.4) is 0 Å². The van der Waals surface area contributed by atoms with Crippen LogP contribution in [-0.2, 0) is 4.79 Å². The largest absolute Gasteiger partial charge is 0.481 e. The Balaban J connectivity index is 2.06. The Morgan fingerprint density at radius 3 is 2.32 bits per heavy atom. The third-order valence-corrected chi connectivity index (χ3v) is 4.23. The van der Waals surface area contributed by atoms with Gasteiger partial charge in [-0.2, -0.15) is 0 Å². The van der Waals surface area contributed by atoms with Crippen molar-refractivity contribution in [2.75, 3.05) is 0 Å². The van der Waals surface area contributed by atoms with Crippen molar-refractivity contribution in [1.29, 1.82) is 0 Å². The first-order valence-corrected chi connectivity index (χ1v) is 8.96. The van der Waals surface area contributed by atoms with E-state index in [4.69, 9.17) is 4.74 Å². The Morgan fingerprint density at radius 2 is 1.72 bits per heavy atom. The highest BCUT2D eigenvalue weighted by Gasteiger charge is 2.21. The van der Waals surface area contributed by atoms with Crippen LogP contribution in [0.2, 0.25) is 0 Å². The highest BCUT2D eigenvalue weighted by Crippen LogP contribution is 2.23. The van der Waals surface area contributed by atoms with Crippen molar-refractivity contribution >= 4 is 5.91 Å². The van der Waals surface area contributed by atoms with Gasteiger partial charge in [0.25, 0.3) is 5.91 Å². The van der Waals surface area contributed by atoms with E-state index in [1.807, 2.05) is 44.2 Å². The molecule has 2 atom stereocenters. The molecule has 0 aliphatic heterocycles. The van der Waals surface area contributed by atoms with E-state index in [-0.39, 0.29) is 11.9 Å². The molecule has 0 unspecified atom stereocenters. The lowest BCUT2D eigenvalue weighted by molar-refractivity contribution is -0.128. The average molecular weight is 339 g/mol. The van der Waals surface area contributed by atoms with Crippen LogP contribution in [0.25, 0.3) is 0 Å². The van der Waals surface area contributed by atoms with E-state index >= 15 is 0 Å². The van der Waals surface area contributed by atoms with Crippen LogP contribution in [0, 0.1) is 19.8 Å². The number of carbonyl (C=O) groups is 1. The molecule has 25 heavy (non-hydrogen) atoms. The number of aryl methyl sites for hydroxylation is 2. The molecular formula is C22H29NO2. The molecule has 0 heterocycles. The fourth-order valence-electron chi connectivity index (χ4n) is 2.90. The van der Waals surface area contributed by atoms with E-state index in [2.05, 4.69) is 37.4 Å². The van der Waals surface area contributed by atoms with Crippen molar-refractivity contribution < 1.29 is 9.53 Å². The van der Waals surface area contributed by atoms with E-state index in [1.165, 1.54) is 5.56 Å². The molecule has 0 saturated carbocycles. The Hall–Kier alpha value is -2.29.